The zero-order valence-electron chi connectivity index (χ0n) is 9.48. The topological polar surface area (TPSA) is 40.5 Å². The highest BCUT2D eigenvalue weighted by Gasteiger charge is 2.22. The molecule has 0 saturated carbocycles. The fourth-order valence-electron chi connectivity index (χ4n) is 1.52. The number of carboxylic acid groups (broad SMARTS) is 1. The molecule has 0 saturated heterocycles. The highest BCUT2D eigenvalue weighted by Crippen LogP contribution is 2.09. The monoisotopic (exact) mass is 211 g/mol. The van der Waals surface area contributed by atoms with Gasteiger partial charge in [-0.2, -0.15) is 0 Å². The standard InChI is InChI=1S/C12H21NO2/c1-4-7-8-11(12(14)15)13(9-5-2)10-6-3/h5-6,11H,2-4,7-10H2,1H3,(H,14,15). The van der Waals surface area contributed by atoms with E-state index in [2.05, 4.69) is 20.1 Å². The molecule has 0 aromatic heterocycles. The number of carbonyl (C=O) groups is 1. The van der Waals surface area contributed by atoms with Crippen LogP contribution in [0.1, 0.15) is 26.2 Å². The Balaban J connectivity index is 4.42. The number of unbranched alkanes of at least 4 members (excludes halogenated alkanes) is 1. The molecule has 86 valence electrons. The average molecular weight is 211 g/mol. The van der Waals surface area contributed by atoms with Crippen LogP contribution in [0, 0.1) is 0 Å². The van der Waals surface area contributed by atoms with Crippen molar-refractivity contribution in [1.29, 1.82) is 0 Å². The van der Waals surface area contributed by atoms with Crippen molar-refractivity contribution in [2.75, 3.05) is 13.1 Å². The Morgan fingerprint density at radius 2 is 1.93 bits per heavy atom. The second-order valence-electron chi connectivity index (χ2n) is 3.53. The van der Waals surface area contributed by atoms with Gasteiger partial charge in [0.15, 0.2) is 0 Å². The molecule has 3 nitrogen and oxygen atoms in total. The van der Waals surface area contributed by atoms with Crippen LogP contribution in [0.15, 0.2) is 25.3 Å². The summed E-state index contributed by atoms with van der Waals surface area (Å²) in [6, 6.07) is -0.416. The lowest BCUT2D eigenvalue weighted by atomic mass is 10.1. The molecule has 15 heavy (non-hydrogen) atoms. The second-order valence-corrected chi connectivity index (χ2v) is 3.53. The van der Waals surface area contributed by atoms with Crippen molar-refractivity contribution in [3.8, 4) is 0 Å². The van der Waals surface area contributed by atoms with Gasteiger partial charge in [0.1, 0.15) is 6.04 Å². The fourth-order valence-corrected chi connectivity index (χ4v) is 1.52. The number of hydrogen-bond donors (Lipinski definition) is 1. The van der Waals surface area contributed by atoms with Crippen LogP contribution >= 0.6 is 0 Å². The molecule has 0 fully saturated rings. The summed E-state index contributed by atoms with van der Waals surface area (Å²) in [6.07, 6.45) is 6.09. The maximum absolute atomic E-state index is 11.1. The third kappa shape index (κ3) is 5.37. The van der Waals surface area contributed by atoms with E-state index in [0.717, 1.165) is 12.8 Å². The zero-order chi connectivity index (χ0) is 11.7. The third-order valence-corrected chi connectivity index (χ3v) is 2.28. The molecule has 0 aromatic carbocycles. The second kappa shape index (κ2) is 8.24. The lowest BCUT2D eigenvalue weighted by Crippen LogP contribution is -2.41. The predicted octanol–water partition coefficient (Wildman–Crippen LogP) is 2.30. The number of hydrogen-bond acceptors (Lipinski definition) is 2. The Bertz CT molecular complexity index is 204. The predicted molar refractivity (Wildman–Crippen MR) is 62.9 cm³/mol. The van der Waals surface area contributed by atoms with Crippen molar-refractivity contribution in [3.63, 3.8) is 0 Å². The quantitative estimate of drug-likeness (QED) is 0.595. The van der Waals surface area contributed by atoms with Gasteiger partial charge in [0.25, 0.3) is 0 Å². The highest BCUT2D eigenvalue weighted by atomic mass is 16.4. The molecule has 0 aromatic rings. The van der Waals surface area contributed by atoms with Crippen molar-refractivity contribution in [2.24, 2.45) is 0 Å². The molecular weight excluding hydrogens is 190 g/mol. The summed E-state index contributed by atoms with van der Waals surface area (Å²) in [5, 5.41) is 9.11. The first-order chi connectivity index (χ1) is 7.17. The molecule has 1 N–H and O–H groups in total. The van der Waals surface area contributed by atoms with Crippen molar-refractivity contribution in [3.05, 3.63) is 25.3 Å². The third-order valence-electron chi connectivity index (χ3n) is 2.28. The van der Waals surface area contributed by atoms with Crippen LogP contribution < -0.4 is 0 Å². The van der Waals surface area contributed by atoms with E-state index in [1.807, 2.05) is 4.90 Å². The van der Waals surface area contributed by atoms with E-state index < -0.39 is 12.0 Å². The van der Waals surface area contributed by atoms with Gasteiger partial charge in [0.2, 0.25) is 0 Å². The molecule has 1 atom stereocenters. The molecule has 0 heterocycles. The lowest BCUT2D eigenvalue weighted by molar-refractivity contribution is -0.143. The summed E-state index contributed by atoms with van der Waals surface area (Å²) in [7, 11) is 0. The molecule has 0 amide bonds. The Kier molecular flexibility index (Phi) is 7.64. The van der Waals surface area contributed by atoms with Crippen molar-refractivity contribution < 1.29 is 9.90 Å². The number of nitrogens with zero attached hydrogens (tertiary/aromatic N) is 1. The molecule has 0 aliphatic carbocycles. The summed E-state index contributed by atoms with van der Waals surface area (Å²) in [5.41, 5.74) is 0. The molecule has 0 bridgehead atoms. The van der Waals surface area contributed by atoms with Gasteiger partial charge in [0, 0.05) is 13.1 Å². The van der Waals surface area contributed by atoms with Gasteiger partial charge >= 0.3 is 5.97 Å². The Labute approximate surface area is 92.1 Å². The largest absolute Gasteiger partial charge is 0.480 e. The van der Waals surface area contributed by atoms with E-state index in [4.69, 9.17) is 5.11 Å². The van der Waals surface area contributed by atoms with Crippen LogP contribution in [0.2, 0.25) is 0 Å². The van der Waals surface area contributed by atoms with Crippen molar-refractivity contribution >= 4 is 5.97 Å². The van der Waals surface area contributed by atoms with Crippen LogP contribution in [0.5, 0.6) is 0 Å². The Hall–Kier alpha value is -1.09. The minimum absolute atomic E-state index is 0.416. The van der Waals surface area contributed by atoms with Crippen LogP contribution in [0.25, 0.3) is 0 Å². The molecule has 0 aliphatic rings. The molecule has 0 radical (unpaired) electrons. The zero-order valence-corrected chi connectivity index (χ0v) is 9.48. The van der Waals surface area contributed by atoms with Gasteiger partial charge in [0.05, 0.1) is 0 Å². The maximum Gasteiger partial charge on any atom is 0.320 e. The number of carboxylic acids is 1. The van der Waals surface area contributed by atoms with Crippen LogP contribution in [-0.4, -0.2) is 35.1 Å². The highest BCUT2D eigenvalue weighted by molar-refractivity contribution is 5.73. The van der Waals surface area contributed by atoms with Crippen LogP contribution in [0.3, 0.4) is 0 Å². The van der Waals surface area contributed by atoms with E-state index in [1.165, 1.54) is 0 Å². The Morgan fingerprint density at radius 3 is 2.27 bits per heavy atom. The summed E-state index contributed by atoms with van der Waals surface area (Å²) in [5.74, 6) is -0.757. The first-order valence-corrected chi connectivity index (χ1v) is 5.36. The molecule has 1 unspecified atom stereocenters. The van der Waals surface area contributed by atoms with E-state index in [-0.39, 0.29) is 0 Å². The summed E-state index contributed by atoms with van der Waals surface area (Å²) < 4.78 is 0. The smallest absolute Gasteiger partial charge is 0.320 e. The summed E-state index contributed by atoms with van der Waals surface area (Å²) >= 11 is 0. The minimum Gasteiger partial charge on any atom is -0.480 e. The van der Waals surface area contributed by atoms with Crippen LogP contribution in [0.4, 0.5) is 0 Å². The van der Waals surface area contributed by atoms with E-state index in [1.54, 1.807) is 12.2 Å². The van der Waals surface area contributed by atoms with Gasteiger partial charge in [-0.1, -0.05) is 31.9 Å². The molecule has 0 spiro atoms. The van der Waals surface area contributed by atoms with Gasteiger partial charge < -0.3 is 5.11 Å². The molecule has 0 rings (SSSR count). The van der Waals surface area contributed by atoms with E-state index in [0.29, 0.717) is 19.5 Å². The SMILES string of the molecule is C=CCN(CC=C)C(CCCC)C(=O)O. The summed E-state index contributed by atoms with van der Waals surface area (Å²) in [4.78, 5) is 13.0. The maximum atomic E-state index is 11.1. The first-order valence-electron chi connectivity index (χ1n) is 5.36. The van der Waals surface area contributed by atoms with E-state index >= 15 is 0 Å². The fraction of sp³-hybridized carbons (Fsp3) is 0.583. The summed E-state index contributed by atoms with van der Waals surface area (Å²) in [6.45, 7) is 10.5. The first kappa shape index (κ1) is 13.9. The minimum atomic E-state index is -0.757. The van der Waals surface area contributed by atoms with E-state index in [9.17, 15) is 4.79 Å². The van der Waals surface area contributed by atoms with Gasteiger partial charge in [-0.3, -0.25) is 9.69 Å². The normalized spacial score (nSPS) is 12.4. The van der Waals surface area contributed by atoms with Gasteiger partial charge in [-0.15, -0.1) is 13.2 Å². The van der Waals surface area contributed by atoms with Gasteiger partial charge in [-0.25, -0.2) is 0 Å². The average Bonchev–Trinajstić information content (AvgIpc) is 2.18. The molecule has 0 aliphatic heterocycles. The Morgan fingerprint density at radius 1 is 1.40 bits per heavy atom. The van der Waals surface area contributed by atoms with Crippen molar-refractivity contribution in [1.82, 2.24) is 4.90 Å². The number of rotatable bonds is 9. The van der Waals surface area contributed by atoms with Crippen molar-refractivity contribution in [2.45, 2.75) is 32.2 Å². The van der Waals surface area contributed by atoms with Gasteiger partial charge in [-0.05, 0) is 6.42 Å². The van der Waals surface area contributed by atoms with Crippen LogP contribution in [-0.2, 0) is 4.79 Å². The number of aliphatic carboxylic acids is 1. The lowest BCUT2D eigenvalue weighted by Gasteiger charge is -2.26. The molecule has 3 heteroatoms. The molecular formula is C12H21NO2.